The van der Waals surface area contributed by atoms with Crippen molar-refractivity contribution < 1.29 is 4.79 Å². The van der Waals surface area contributed by atoms with E-state index in [2.05, 4.69) is 45.9 Å². The molecule has 1 amide bonds. The van der Waals surface area contributed by atoms with Gasteiger partial charge in [-0.25, -0.2) is 0 Å². The molecular formula is C27H32ClN3O. The second kappa shape index (κ2) is 8.92. The lowest BCUT2D eigenvalue weighted by atomic mass is 9.81. The second-order valence-electron chi connectivity index (χ2n) is 9.62. The van der Waals surface area contributed by atoms with E-state index in [0.717, 1.165) is 17.1 Å². The molecule has 3 aromatic rings. The average Bonchev–Trinajstić information content (AvgIpc) is 3.10. The number of carbonyl (C=O) groups excluding carboxylic acids is 1. The molecule has 4 nitrogen and oxygen atoms in total. The predicted octanol–water partition coefficient (Wildman–Crippen LogP) is 5.91. The topological polar surface area (TPSA) is 28.5 Å². The molecule has 2 aliphatic rings. The van der Waals surface area contributed by atoms with E-state index >= 15 is 0 Å². The van der Waals surface area contributed by atoms with Crippen LogP contribution in [-0.4, -0.2) is 47.5 Å². The molecule has 5 rings (SSSR count). The summed E-state index contributed by atoms with van der Waals surface area (Å²) >= 11 is 6.46. The maximum atomic E-state index is 13.5. The fourth-order valence-electron chi connectivity index (χ4n) is 5.57. The van der Waals surface area contributed by atoms with E-state index in [4.69, 9.17) is 11.6 Å². The van der Waals surface area contributed by atoms with Crippen molar-refractivity contribution >= 4 is 28.4 Å². The normalized spacial score (nSPS) is 17.4. The van der Waals surface area contributed by atoms with Crippen LogP contribution in [0.15, 0.2) is 42.5 Å². The second-order valence-corrected chi connectivity index (χ2v) is 10.1. The number of likely N-dealkylation sites (N-methyl/N-ethyl adjacent to an activating group) is 1. The van der Waals surface area contributed by atoms with Gasteiger partial charge in [0.1, 0.15) is 6.54 Å². The zero-order chi connectivity index (χ0) is 22.2. The van der Waals surface area contributed by atoms with Crippen molar-refractivity contribution in [3.05, 3.63) is 58.6 Å². The maximum absolute atomic E-state index is 13.5. The molecule has 1 saturated carbocycles. The highest BCUT2D eigenvalue weighted by Crippen LogP contribution is 2.45. The molecule has 1 aliphatic heterocycles. The largest absolute Gasteiger partial charge is 0.336 e. The first-order chi connectivity index (χ1) is 15.5. The number of benzene rings is 2. The molecule has 0 bridgehead atoms. The highest BCUT2D eigenvalue weighted by Gasteiger charge is 2.30. The van der Waals surface area contributed by atoms with Gasteiger partial charge in [-0.3, -0.25) is 4.79 Å². The van der Waals surface area contributed by atoms with Gasteiger partial charge in [0.2, 0.25) is 5.91 Å². The Morgan fingerprint density at radius 1 is 1.03 bits per heavy atom. The molecule has 32 heavy (non-hydrogen) atoms. The number of amides is 1. The minimum Gasteiger partial charge on any atom is -0.336 e. The van der Waals surface area contributed by atoms with Gasteiger partial charge in [0.15, 0.2) is 0 Å². The smallest absolute Gasteiger partial charge is 0.242 e. The minimum atomic E-state index is 0.176. The van der Waals surface area contributed by atoms with Crippen LogP contribution in [0.1, 0.15) is 49.1 Å². The van der Waals surface area contributed by atoms with Crippen molar-refractivity contribution in [2.45, 2.75) is 51.1 Å². The van der Waals surface area contributed by atoms with Gasteiger partial charge in [-0.1, -0.05) is 55.1 Å². The monoisotopic (exact) mass is 449 g/mol. The molecule has 2 aromatic carbocycles. The predicted molar refractivity (Wildman–Crippen MR) is 132 cm³/mol. The summed E-state index contributed by atoms with van der Waals surface area (Å²) in [5.41, 5.74) is 6.23. The Kier molecular flexibility index (Phi) is 6.00. The minimum absolute atomic E-state index is 0.176. The lowest BCUT2D eigenvalue weighted by molar-refractivity contribution is -0.132. The fraction of sp³-hybridized carbons (Fsp3) is 0.444. The van der Waals surface area contributed by atoms with E-state index in [1.165, 1.54) is 59.8 Å². The van der Waals surface area contributed by atoms with Gasteiger partial charge in [-0.2, -0.15) is 0 Å². The summed E-state index contributed by atoms with van der Waals surface area (Å²) in [5.74, 6) is 0.725. The van der Waals surface area contributed by atoms with Crippen LogP contribution in [0.4, 0.5) is 0 Å². The number of para-hydroxylation sites is 1. The standard InChI is InChI=1S/C27H32ClN3O/c1-29(2)14-15-30-17-20-16-21(28)12-13-22(20)27-26(19-8-4-3-5-9-19)23-10-6-7-11-24(23)31(27)18-25(30)32/h6-7,10-13,16,19H,3-5,8-9,14-15,17-18H2,1-2H3. The molecule has 0 saturated heterocycles. The van der Waals surface area contributed by atoms with Gasteiger partial charge in [0, 0.05) is 41.1 Å². The summed E-state index contributed by atoms with van der Waals surface area (Å²) < 4.78 is 2.29. The van der Waals surface area contributed by atoms with Gasteiger partial charge >= 0.3 is 0 Å². The SMILES string of the molecule is CN(C)CCN1Cc2cc(Cl)ccc2-c2c(C3CCCCC3)c3ccccc3n2CC1=O. The van der Waals surface area contributed by atoms with Crippen molar-refractivity contribution in [3.8, 4) is 11.3 Å². The van der Waals surface area contributed by atoms with Crippen LogP contribution in [0.5, 0.6) is 0 Å². The molecule has 0 radical (unpaired) electrons. The molecular weight excluding hydrogens is 418 g/mol. The number of halogens is 1. The van der Waals surface area contributed by atoms with Crippen LogP contribution in [0.25, 0.3) is 22.2 Å². The number of nitrogens with zero attached hydrogens (tertiary/aromatic N) is 3. The Balaban J connectivity index is 1.73. The summed E-state index contributed by atoms with van der Waals surface area (Å²) in [6.07, 6.45) is 6.36. The number of carbonyl (C=O) groups is 1. The highest BCUT2D eigenvalue weighted by atomic mass is 35.5. The zero-order valence-corrected chi connectivity index (χ0v) is 19.9. The van der Waals surface area contributed by atoms with Crippen molar-refractivity contribution in [1.29, 1.82) is 0 Å². The Hall–Kier alpha value is -2.30. The van der Waals surface area contributed by atoms with Crippen molar-refractivity contribution in [3.63, 3.8) is 0 Å². The van der Waals surface area contributed by atoms with E-state index in [-0.39, 0.29) is 5.91 Å². The van der Waals surface area contributed by atoms with Crippen LogP contribution in [0.3, 0.4) is 0 Å². The number of aromatic nitrogens is 1. The molecule has 1 fully saturated rings. The number of hydrogen-bond donors (Lipinski definition) is 0. The van der Waals surface area contributed by atoms with Gasteiger partial charge in [0.25, 0.3) is 0 Å². The average molecular weight is 450 g/mol. The van der Waals surface area contributed by atoms with Crippen LogP contribution in [-0.2, 0) is 17.9 Å². The third-order valence-corrected chi connectivity index (χ3v) is 7.41. The lowest BCUT2D eigenvalue weighted by Gasteiger charge is -2.30. The van der Waals surface area contributed by atoms with E-state index in [0.29, 0.717) is 25.6 Å². The van der Waals surface area contributed by atoms with Crippen LogP contribution >= 0.6 is 11.6 Å². The van der Waals surface area contributed by atoms with Crippen molar-refractivity contribution in [2.75, 3.05) is 27.2 Å². The molecule has 1 aromatic heterocycles. The van der Waals surface area contributed by atoms with Crippen LogP contribution in [0, 0.1) is 0 Å². The molecule has 2 heterocycles. The molecule has 5 heteroatoms. The first-order valence-electron chi connectivity index (χ1n) is 11.9. The van der Waals surface area contributed by atoms with Gasteiger partial charge < -0.3 is 14.4 Å². The Morgan fingerprint density at radius 3 is 2.59 bits per heavy atom. The summed E-state index contributed by atoms with van der Waals surface area (Å²) in [5, 5.41) is 2.04. The van der Waals surface area contributed by atoms with Crippen LogP contribution < -0.4 is 0 Å². The molecule has 168 valence electrons. The molecule has 0 unspecified atom stereocenters. The number of rotatable bonds is 4. The quantitative estimate of drug-likeness (QED) is 0.495. The molecule has 0 spiro atoms. The van der Waals surface area contributed by atoms with Crippen molar-refractivity contribution in [1.82, 2.24) is 14.4 Å². The Morgan fingerprint density at radius 2 is 1.81 bits per heavy atom. The summed E-state index contributed by atoms with van der Waals surface area (Å²) in [7, 11) is 4.10. The maximum Gasteiger partial charge on any atom is 0.242 e. The van der Waals surface area contributed by atoms with E-state index in [9.17, 15) is 4.79 Å². The van der Waals surface area contributed by atoms with E-state index in [1.807, 2.05) is 25.1 Å². The molecule has 0 N–H and O–H groups in total. The number of fused-ring (bicyclic) bond motifs is 5. The summed E-state index contributed by atoms with van der Waals surface area (Å²) in [6, 6.07) is 14.9. The van der Waals surface area contributed by atoms with Gasteiger partial charge in [-0.15, -0.1) is 0 Å². The lowest BCUT2D eigenvalue weighted by Crippen LogP contribution is -2.39. The summed E-state index contributed by atoms with van der Waals surface area (Å²) in [4.78, 5) is 17.6. The van der Waals surface area contributed by atoms with Gasteiger partial charge in [0.05, 0.1) is 5.69 Å². The highest BCUT2D eigenvalue weighted by molar-refractivity contribution is 6.30. The third-order valence-electron chi connectivity index (χ3n) is 7.17. The third kappa shape index (κ3) is 3.95. The number of hydrogen-bond acceptors (Lipinski definition) is 2. The summed E-state index contributed by atoms with van der Waals surface area (Å²) in [6.45, 7) is 2.54. The Labute approximate surface area is 195 Å². The van der Waals surface area contributed by atoms with E-state index < -0.39 is 0 Å². The van der Waals surface area contributed by atoms with Gasteiger partial charge in [-0.05, 0) is 62.2 Å². The molecule has 0 atom stereocenters. The first-order valence-corrected chi connectivity index (χ1v) is 12.2. The fourth-order valence-corrected chi connectivity index (χ4v) is 5.76. The zero-order valence-electron chi connectivity index (χ0n) is 19.1. The Bertz CT molecular complexity index is 1140. The van der Waals surface area contributed by atoms with Crippen molar-refractivity contribution in [2.24, 2.45) is 0 Å². The van der Waals surface area contributed by atoms with Crippen LogP contribution in [0.2, 0.25) is 5.02 Å². The van der Waals surface area contributed by atoms with E-state index in [1.54, 1.807) is 0 Å². The first kappa shape index (κ1) is 21.5. The molecule has 1 aliphatic carbocycles.